The van der Waals surface area contributed by atoms with E-state index in [-0.39, 0.29) is 16.9 Å². The average molecular weight is 324 g/mol. The molecule has 0 unspecified atom stereocenters. The summed E-state index contributed by atoms with van der Waals surface area (Å²) in [6.45, 7) is 0. The summed E-state index contributed by atoms with van der Waals surface area (Å²) in [6, 6.07) is 4.85. The van der Waals surface area contributed by atoms with Crippen molar-refractivity contribution in [3.05, 3.63) is 40.1 Å². The number of primary amides is 2. The van der Waals surface area contributed by atoms with Gasteiger partial charge in [-0.1, -0.05) is 15.9 Å². The summed E-state index contributed by atoms with van der Waals surface area (Å²) in [7, 11) is 0. The maximum Gasteiger partial charge on any atom is 0.271 e. The number of nitrogens with zero attached hydrogens (tertiary/aromatic N) is 2. The SMILES string of the molecule is NC(=O)c1ccc(Br)cc1-n1cc(N)c(C(N)=O)n1. The molecule has 0 saturated carbocycles. The van der Waals surface area contributed by atoms with Crippen molar-refractivity contribution in [1.82, 2.24) is 9.78 Å². The van der Waals surface area contributed by atoms with Gasteiger partial charge in [-0.05, 0) is 18.2 Å². The molecule has 19 heavy (non-hydrogen) atoms. The highest BCUT2D eigenvalue weighted by atomic mass is 79.9. The van der Waals surface area contributed by atoms with E-state index in [0.29, 0.717) is 5.69 Å². The van der Waals surface area contributed by atoms with Gasteiger partial charge in [-0.25, -0.2) is 4.68 Å². The minimum absolute atomic E-state index is 0.0598. The minimum atomic E-state index is -0.744. The smallest absolute Gasteiger partial charge is 0.271 e. The minimum Gasteiger partial charge on any atom is -0.396 e. The van der Waals surface area contributed by atoms with Crippen LogP contribution in [0.2, 0.25) is 0 Å². The van der Waals surface area contributed by atoms with E-state index in [1.807, 2.05) is 0 Å². The van der Waals surface area contributed by atoms with Crippen LogP contribution < -0.4 is 17.2 Å². The Balaban J connectivity index is 2.64. The summed E-state index contributed by atoms with van der Waals surface area (Å²) < 4.78 is 2.02. The van der Waals surface area contributed by atoms with Crippen molar-refractivity contribution in [3.63, 3.8) is 0 Å². The van der Waals surface area contributed by atoms with Gasteiger partial charge in [0.15, 0.2) is 5.69 Å². The second-order valence-corrected chi connectivity index (χ2v) is 4.68. The van der Waals surface area contributed by atoms with E-state index in [9.17, 15) is 9.59 Å². The zero-order chi connectivity index (χ0) is 14.2. The van der Waals surface area contributed by atoms with Gasteiger partial charge in [0.2, 0.25) is 0 Å². The number of benzene rings is 1. The largest absolute Gasteiger partial charge is 0.396 e. The second-order valence-electron chi connectivity index (χ2n) is 3.77. The number of nitrogens with two attached hydrogens (primary N) is 3. The topological polar surface area (TPSA) is 130 Å². The first-order chi connectivity index (χ1) is 8.90. The Hall–Kier alpha value is -2.35. The van der Waals surface area contributed by atoms with Crippen molar-refractivity contribution in [1.29, 1.82) is 0 Å². The van der Waals surface area contributed by atoms with E-state index < -0.39 is 11.8 Å². The lowest BCUT2D eigenvalue weighted by Gasteiger charge is -2.07. The molecule has 0 atom stereocenters. The van der Waals surface area contributed by atoms with E-state index in [2.05, 4.69) is 21.0 Å². The number of rotatable bonds is 3. The molecule has 8 heteroatoms. The summed E-state index contributed by atoms with van der Waals surface area (Å²) in [4.78, 5) is 22.5. The molecule has 6 N–H and O–H groups in total. The molecule has 0 bridgehead atoms. The fourth-order valence-electron chi connectivity index (χ4n) is 1.60. The molecule has 98 valence electrons. The molecule has 0 fully saturated rings. The average Bonchev–Trinajstić information content (AvgIpc) is 2.70. The maximum atomic E-state index is 11.4. The normalized spacial score (nSPS) is 10.4. The Labute approximate surface area is 116 Å². The van der Waals surface area contributed by atoms with Crippen LogP contribution in [0.3, 0.4) is 0 Å². The number of halogens is 1. The lowest BCUT2D eigenvalue weighted by atomic mass is 10.1. The number of aromatic nitrogens is 2. The maximum absolute atomic E-state index is 11.4. The van der Waals surface area contributed by atoms with Gasteiger partial charge in [-0.3, -0.25) is 9.59 Å². The molecule has 1 heterocycles. The highest BCUT2D eigenvalue weighted by Crippen LogP contribution is 2.21. The van der Waals surface area contributed by atoms with Crippen molar-refractivity contribution < 1.29 is 9.59 Å². The summed E-state index contributed by atoms with van der Waals surface area (Å²) in [6.07, 6.45) is 1.40. The predicted molar refractivity (Wildman–Crippen MR) is 72.7 cm³/mol. The van der Waals surface area contributed by atoms with Gasteiger partial charge in [-0.2, -0.15) is 5.10 Å². The van der Waals surface area contributed by atoms with Gasteiger partial charge in [0.05, 0.1) is 23.1 Å². The molecule has 1 aromatic carbocycles. The Morgan fingerprint density at radius 1 is 1.21 bits per heavy atom. The Morgan fingerprint density at radius 3 is 2.42 bits per heavy atom. The first-order valence-electron chi connectivity index (χ1n) is 5.15. The number of carbonyl (C=O) groups is 2. The van der Waals surface area contributed by atoms with Crippen LogP contribution in [-0.4, -0.2) is 21.6 Å². The molecule has 0 spiro atoms. The van der Waals surface area contributed by atoms with Gasteiger partial charge in [0.1, 0.15) is 0 Å². The fraction of sp³-hybridized carbons (Fsp3) is 0. The molecular formula is C11H10BrN5O2. The molecule has 0 aliphatic rings. The van der Waals surface area contributed by atoms with Crippen LogP contribution in [0, 0.1) is 0 Å². The summed E-state index contributed by atoms with van der Waals surface area (Å²) >= 11 is 3.28. The molecule has 0 radical (unpaired) electrons. The lowest BCUT2D eigenvalue weighted by Crippen LogP contribution is -2.16. The molecular weight excluding hydrogens is 314 g/mol. The zero-order valence-electron chi connectivity index (χ0n) is 9.63. The molecule has 2 rings (SSSR count). The van der Waals surface area contributed by atoms with Gasteiger partial charge < -0.3 is 17.2 Å². The van der Waals surface area contributed by atoms with E-state index in [1.54, 1.807) is 18.2 Å². The Bertz CT molecular complexity index is 680. The quantitative estimate of drug-likeness (QED) is 0.755. The van der Waals surface area contributed by atoms with Crippen LogP contribution >= 0.6 is 15.9 Å². The zero-order valence-corrected chi connectivity index (χ0v) is 11.2. The molecule has 0 aliphatic heterocycles. The third-order valence-electron chi connectivity index (χ3n) is 2.45. The van der Waals surface area contributed by atoms with E-state index >= 15 is 0 Å². The van der Waals surface area contributed by atoms with Crippen LogP contribution in [0.4, 0.5) is 5.69 Å². The number of hydrogen-bond donors (Lipinski definition) is 3. The van der Waals surface area contributed by atoms with Gasteiger partial charge in [0.25, 0.3) is 11.8 Å². The van der Waals surface area contributed by atoms with Gasteiger partial charge in [-0.15, -0.1) is 0 Å². The molecule has 2 amide bonds. The number of anilines is 1. The van der Waals surface area contributed by atoms with E-state index in [1.165, 1.54) is 10.9 Å². The van der Waals surface area contributed by atoms with Crippen molar-refractivity contribution in [2.75, 3.05) is 5.73 Å². The first kappa shape index (κ1) is 13.1. The van der Waals surface area contributed by atoms with Crippen LogP contribution in [0.25, 0.3) is 5.69 Å². The predicted octanol–water partition coefficient (Wildman–Crippen LogP) is 0.415. The van der Waals surface area contributed by atoms with Gasteiger partial charge >= 0.3 is 0 Å². The summed E-state index contributed by atoms with van der Waals surface area (Å²) in [5, 5.41) is 3.95. The van der Waals surface area contributed by atoms with Crippen LogP contribution in [0.5, 0.6) is 0 Å². The molecule has 7 nitrogen and oxygen atoms in total. The summed E-state index contributed by atoms with van der Waals surface area (Å²) in [5.41, 5.74) is 16.8. The Kier molecular flexibility index (Phi) is 3.26. The van der Waals surface area contributed by atoms with Crippen molar-refractivity contribution in [2.24, 2.45) is 11.5 Å². The number of amides is 2. The molecule has 1 aromatic heterocycles. The van der Waals surface area contributed by atoms with Crippen LogP contribution in [0.1, 0.15) is 20.8 Å². The van der Waals surface area contributed by atoms with E-state index in [0.717, 1.165) is 4.47 Å². The monoisotopic (exact) mass is 323 g/mol. The highest BCUT2D eigenvalue weighted by molar-refractivity contribution is 9.10. The molecule has 0 saturated heterocycles. The highest BCUT2D eigenvalue weighted by Gasteiger charge is 2.16. The standard InChI is InChI=1S/C11H10BrN5O2/c12-5-1-2-6(10(14)18)8(3-5)17-4-7(13)9(16-17)11(15)19/h1-4H,13H2,(H2,14,18)(H2,15,19). The number of hydrogen-bond acceptors (Lipinski definition) is 4. The lowest BCUT2D eigenvalue weighted by molar-refractivity contribution is 0.0991. The molecule has 0 aliphatic carbocycles. The van der Waals surface area contributed by atoms with Crippen molar-refractivity contribution >= 4 is 33.4 Å². The van der Waals surface area contributed by atoms with Gasteiger partial charge in [0, 0.05) is 4.47 Å². The fourth-order valence-corrected chi connectivity index (χ4v) is 1.95. The van der Waals surface area contributed by atoms with Crippen LogP contribution in [-0.2, 0) is 0 Å². The number of nitrogen functional groups attached to an aromatic ring is 1. The summed E-state index contributed by atoms with van der Waals surface area (Å²) in [5.74, 6) is -1.36. The van der Waals surface area contributed by atoms with Crippen molar-refractivity contribution in [2.45, 2.75) is 0 Å². The van der Waals surface area contributed by atoms with E-state index in [4.69, 9.17) is 17.2 Å². The number of carbonyl (C=O) groups excluding carboxylic acids is 2. The Morgan fingerprint density at radius 2 is 1.89 bits per heavy atom. The molecule has 2 aromatic rings. The van der Waals surface area contributed by atoms with Crippen LogP contribution in [0.15, 0.2) is 28.9 Å². The van der Waals surface area contributed by atoms with Crippen molar-refractivity contribution in [3.8, 4) is 5.69 Å². The second kappa shape index (κ2) is 4.73. The first-order valence-corrected chi connectivity index (χ1v) is 5.94. The third-order valence-corrected chi connectivity index (χ3v) is 2.94. The third kappa shape index (κ3) is 2.43.